The summed E-state index contributed by atoms with van der Waals surface area (Å²) < 4.78 is 17.1. The number of ether oxygens (including phenoxy) is 3. The minimum absolute atomic E-state index is 0.221. The van der Waals surface area contributed by atoms with Crippen molar-refractivity contribution in [3.05, 3.63) is 24.3 Å². The SMILES string of the molecule is CCOc1ccccc1OCCC1(CBr)CCCOC1. The lowest BCUT2D eigenvalue weighted by Crippen LogP contribution is -2.35. The van der Waals surface area contributed by atoms with Gasteiger partial charge < -0.3 is 14.2 Å². The van der Waals surface area contributed by atoms with Gasteiger partial charge in [-0.15, -0.1) is 0 Å². The highest BCUT2D eigenvalue weighted by Crippen LogP contribution is 2.35. The maximum atomic E-state index is 5.92. The van der Waals surface area contributed by atoms with E-state index in [2.05, 4.69) is 15.9 Å². The molecule has 0 aliphatic carbocycles. The lowest BCUT2D eigenvalue weighted by molar-refractivity contribution is -0.00477. The van der Waals surface area contributed by atoms with Crippen molar-refractivity contribution in [2.45, 2.75) is 26.2 Å². The van der Waals surface area contributed by atoms with Crippen LogP contribution in [0.2, 0.25) is 0 Å². The van der Waals surface area contributed by atoms with Gasteiger partial charge in [-0.1, -0.05) is 28.1 Å². The van der Waals surface area contributed by atoms with Gasteiger partial charge >= 0.3 is 0 Å². The minimum Gasteiger partial charge on any atom is -0.490 e. The van der Waals surface area contributed by atoms with Crippen LogP contribution in [0.5, 0.6) is 11.5 Å². The number of para-hydroxylation sites is 2. The molecule has 0 N–H and O–H groups in total. The van der Waals surface area contributed by atoms with Crippen LogP contribution in [0.4, 0.5) is 0 Å². The van der Waals surface area contributed by atoms with Gasteiger partial charge in [-0.2, -0.15) is 0 Å². The molecule has 1 aliphatic rings. The van der Waals surface area contributed by atoms with E-state index in [1.807, 2.05) is 31.2 Å². The summed E-state index contributed by atoms with van der Waals surface area (Å²) >= 11 is 3.63. The van der Waals surface area contributed by atoms with Gasteiger partial charge in [0.15, 0.2) is 11.5 Å². The molecule has 0 bridgehead atoms. The molecule has 2 rings (SSSR count). The Balaban J connectivity index is 1.88. The summed E-state index contributed by atoms with van der Waals surface area (Å²) in [5.74, 6) is 1.65. The van der Waals surface area contributed by atoms with Crippen LogP contribution in [0, 0.1) is 5.41 Å². The largest absolute Gasteiger partial charge is 0.490 e. The summed E-state index contributed by atoms with van der Waals surface area (Å²) in [6.07, 6.45) is 3.34. The molecule has 0 spiro atoms. The second-order valence-corrected chi connectivity index (χ2v) is 5.83. The first-order valence-electron chi connectivity index (χ1n) is 7.28. The molecule has 1 heterocycles. The summed E-state index contributed by atoms with van der Waals surface area (Å²) in [6, 6.07) is 7.85. The number of rotatable bonds is 7. The van der Waals surface area contributed by atoms with Gasteiger partial charge in [0.25, 0.3) is 0 Å². The van der Waals surface area contributed by atoms with Gasteiger partial charge in [0.05, 0.1) is 19.8 Å². The van der Waals surface area contributed by atoms with Crippen molar-refractivity contribution in [3.63, 3.8) is 0 Å². The average molecular weight is 343 g/mol. The summed E-state index contributed by atoms with van der Waals surface area (Å²) in [5.41, 5.74) is 0.221. The van der Waals surface area contributed by atoms with Crippen LogP contribution in [0.1, 0.15) is 26.2 Å². The molecule has 1 aliphatic heterocycles. The zero-order valence-electron chi connectivity index (χ0n) is 12.1. The zero-order valence-corrected chi connectivity index (χ0v) is 13.7. The standard InChI is InChI=1S/C16H23BrO3/c1-2-19-14-6-3-4-7-15(14)20-11-9-16(12-17)8-5-10-18-13-16/h3-4,6-7H,2,5,8-13H2,1H3. The third-order valence-corrected chi connectivity index (χ3v) is 4.92. The van der Waals surface area contributed by atoms with Crippen molar-refractivity contribution in [1.82, 2.24) is 0 Å². The molecule has 1 unspecified atom stereocenters. The molecular formula is C16H23BrO3. The fourth-order valence-electron chi connectivity index (χ4n) is 2.50. The van der Waals surface area contributed by atoms with Crippen LogP contribution in [-0.4, -0.2) is 31.8 Å². The predicted molar refractivity (Wildman–Crippen MR) is 84.0 cm³/mol. The molecule has 1 aromatic carbocycles. The Labute approximate surface area is 129 Å². The molecule has 0 radical (unpaired) electrons. The van der Waals surface area contributed by atoms with Crippen molar-refractivity contribution in [1.29, 1.82) is 0 Å². The fourth-order valence-corrected chi connectivity index (χ4v) is 3.22. The van der Waals surface area contributed by atoms with Crippen molar-refractivity contribution >= 4 is 15.9 Å². The van der Waals surface area contributed by atoms with Crippen molar-refractivity contribution in [2.24, 2.45) is 5.41 Å². The van der Waals surface area contributed by atoms with Crippen LogP contribution in [0.15, 0.2) is 24.3 Å². The van der Waals surface area contributed by atoms with Crippen LogP contribution in [0.25, 0.3) is 0 Å². The van der Waals surface area contributed by atoms with E-state index in [0.717, 1.165) is 42.9 Å². The quantitative estimate of drug-likeness (QED) is 0.699. The Morgan fingerprint density at radius 2 is 2.00 bits per heavy atom. The second-order valence-electron chi connectivity index (χ2n) is 5.27. The second kappa shape index (κ2) is 7.89. The number of hydrogen-bond acceptors (Lipinski definition) is 3. The highest BCUT2D eigenvalue weighted by Gasteiger charge is 2.31. The lowest BCUT2D eigenvalue weighted by Gasteiger charge is -2.35. The molecular weight excluding hydrogens is 320 g/mol. The van der Waals surface area contributed by atoms with Gasteiger partial charge in [-0.05, 0) is 38.3 Å². The zero-order chi connectivity index (χ0) is 14.3. The third kappa shape index (κ3) is 4.13. The van der Waals surface area contributed by atoms with Gasteiger partial charge in [-0.3, -0.25) is 0 Å². The maximum Gasteiger partial charge on any atom is 0.161 e. The van der Waals surface area contributed by atoms with Crippen LogP contribution in [-0.2, 0) is 4.74 Å². The van der Waals surface area contributed by atoms with E-state index in [9.17, 15) is 0 Å². The molecule has 0 aromatic heterocycles. The minimum atomic E-state index is 0.221. The first-order valence-corrected chi connectivity index (χ1v) is 8.40. The molecule has 1 aromatic rings. The van der Waals surface area contributed by atoms with Gasteiger partial charge in [0.1, 0.15) is 0 Å². The Morgan fingerprint density at radius 3 is 2.60 bits per heavy atom. The highest BCUT2D eigenvalue weighted by molar-refractivity contribution is 9.09. The van der Waals surface area contributed by atoms with Crippen LogP contribution in [0.3, 0.4) is 0 Å². The van der Waals surface area contributed by atoms with E-state index >= 15 is 0 Å². The van der Waals surface area contributed by atoms with Gasteiger partial charge in [0.2, 0.25) is 0 Å². The molecule has 0 amide bonds. The van der Waals surface area contributed by atoms with E-state index in [4.69, 9.17) is 14.2 Å². The smallest absolute Gasteiger partial charge is 0.161 e. The number of halogens is 1. The average Bonchev–Trinajstić information content (AvgIpc) is 2.50. The monoisotopic (exact) mass is 342 g/mol. The highest BCUT2D eigenvalue weighted by atomic mass is 79.9. The molecule has 112 valence electrons. The molecule has 1 saturated heterocycles. The Bertz CT molecular complexity index is 402. The Morgan fingerprint density at radius 1 is 1.25 bits per heavy atom. The lowest BCUT2D eigenvalue weighted by atomic mass is 9.82. The van der Waals surface area contributed by atoms with Crippen molar-refractivity contribution < 1.29 is 14.2 Å². The first-order chi connectivity index (χ1) is 9.79. The molecule has 0 saturated carbocycles. The van der Waals surface area contributed by atoms with E-state index in [1.54, 1.807) is 0 Å². The van der Waals surface area contributed by atoms with E-state index in [-0.39, 0.29) is 5.41 Å². The molecule has 4 heteroatoms. The summed E-state index contributed by atoms with van der Waals surface area (Å²) in [7, 11) is 0. The van der Waals surface area contributed by atoms with E-state index in [1.165, 1.54) is 6.42 Å². The fraction of sp³-hybridized carbons (Fsp3) is 0.625. The molecule has 3 nitrogen and oxygen atoms in total. The Hall–Kier alpha value is -0.740. The summed E-state index contributed by atoms with van der Waals surface area (Å²) in [5, 5.41) is 0.969. The van der Waals surface area contributed by atoms with Crippen LogP contribution >= 0.6 is 15.9 Å². The summed E-state index contributed by atoms with van der Waals surface area (Å²) in [6.45, 7) is 5.05. The third-order valence-electron chi connectivity index (χ3n) is 3.73. The topological polar surface area (TPSA) is 27.7 Å². The van der Waals surface area contributed by atoms with Gasteiger partial charge in [0, 0.05) is 17.4 Å². The Kier molecular flexibility index (Phi) is 6.17. The number of alkyl halides is 1. The first kappa shape index (κ1) is 15.6. The molecule has 1 fully saturated rings. The van der Waals surface area contributed by atoms with Gasteiger partial charge in [-0.25, -0.2) is 0 Å². The summed E-state index contributed by atoms with van der Waals surface area (Å²) in [4.78, 5) is 0. The van der Waals surface area contributed by atoms with Crippen molar-refractivity contribution in [3.8, 4) is 11.5 Å². The number of hydrogen-bond donors (Lipinski definition) is 0. The van der Waals surface area contributed by atoms with Crippen LogP contribution < -0.4 is 9.47 Å². The van der Waals surface area contributed by atoms with E-state index < -0.39 is 0 Å². The van der Waals surface area contributed by atoms with Crippen molar-refractivity contribution in [2.75, 3.05) is 31.8 Å². The molecule has 20 heavy (non-hydrogen) atoms. The normalized spacial score (nSPS) is 22.5. The maximum absolute atomic E-state index is 5.92. The predicted octanol–water partition coefficient (Wildman–Crippen LogP) is 4.05. The number of benzene rings is 1. The molecule has 1 atom stereocenters. The van der Waals surface area contributed by atoms with E-state index in [0.29, 0.717) is 13.2 Å².